The molecule has 0 spiro atoms. The van der Waals surface area contributed by atoms with Gasteiger partial charge in [-0.1, -0.05) is 28.8 Å². The zero-order chi connectivity index (χ0) is 19.7. The van der Waals surface area contributed by atoms with Gasteiger partial charge in [0.1, 0.15) is 4.88 Å². The minimum absolute atomic E-state index is 0.230. The number of amides is 1. The maximum Gasteiger partial charge on any atom is 0.434 e. The summed E-state index contributed by atoms with van der Waals surface area (Å²) < 4.78 is 8.85. The van der Waals surface area contributed by atoms with Crippen LogP contribution in [0.15, 0.2) is 51.7 Å². The molecule has 0 bridgehead atoms. The Morgan fingerprint density at radius 3 is 2.50 bits per heavy atom. The molecule has 2 heterocycles. The van der Waals surface area contributed by atoms with Crippen molar-refractivity contribution in [3.63, 3.8) is 0 Å². The van der Waals surface area contributed by atoms with Crippen LogP contribution >= 0.6 is 11.5 Å². The number of rotatable bonds is 4. The number of H-pyrrole nitrogens is 1. The second kappa shape index (κ2) is 7.20. The highest BCUT2D eigenvalue weighted by Gasteiger charge is 2.14. The normalized spacial score (nSPS) is 10.8. The topological polar surface area (TPSA) is 114 Å². The highest BCUT2D eigenvalue weighted by molar-refractivity contribution is 7.08. The van der Waals surface area contributed by atoms with Crippen molar-refractivity contribution < 1.29 is 9.21 Å². The third-order valence-corrected chi connectivity index (χ3v) is 5.14. The van der Waals surface area contributed by atoms with Crippen LogP contribution in [-0.4, -0.2) is 25.7 Å². The van der Waals surface area contributed by atoms with Crippen molar-refractivity contribution in [2.24, 2.45) is 0 Å². The molecular weight excluding hydrogens is 378 g/mol. The second-order valence-electron chi connectivity index (χ2n) is 6.12. The van der Waals surface area contributed by atoms with Gasteiger partial charge >= 0.3 is 5.76 Å². The third kappa shape index (κ3) is 3.35. The number of carbonyl (C=O) groups excluding carboxylic acids is 1. The Kier molecular flexibility index (Phi) is 4.58. The summed E-state index contributed by atoms with van der Waals surface area (Å²) in [7, 11) is 0. The molecule has 0 radical (unpaired) electrons. The summed E-state index contributed by atoms with van der Waals surface area (Å²) in [6, 6.07) is 13.2. The van der Waals surface area contributed by atoms with E-state index in [-0.39, 0.29) is 11.8 Å². The molecule has 0 saturated carbocycles. The summed E-state index contributed by atoms with van der Waals surface area (Å²) in [6.45, 7) is 3.69. The van der Waals surface area contributed by atoms with Crippen molar-refractivity contribution in [3.05, 3.63) is 69.1 Å². The van der Waals surface area contributed by atoms with Gasteiger partial charge in [0.25, 0.3) is 5.91 Å². The average molecular weight is 393 g/mol. The quantitative estimate of drug-likeness (QED) is 0.549. The fourth-order valence-electron chi connectivity index (χ4n) is 2.89. The van der Waals surface area contributed by atoms with Gasteiger partial charge in [-0.05, 0) is 60.3 Å². The Morgan fingerprint density at radius 2 is 1.86 bits per heavy atom. The van der Waals surface area contributed by atoms with Crippen LogP contribution in [0.3, 0.4) is 0 Å². The molecule has 4 rings (SSSR count). The van der Waals surface area contributed by atoms with Crippen LogP contribution in [0, 0.1) is 13.8 Å². The van der Waals surface area contributed by atoms with E-state index in [0.29, 0.717) is 16.3 Å². The van der Waals surface area contributed by atoms with Crippen molar-refractivity contribution in [1.82, 2.24) is 19.8 Å². The molecule has 0 aliphatic carbocycles. The van der Waals surface area contributed by atoms with Gasteiger partial charge in [0, 0.05) is 11.3 Å². The van der Waals surface area contributed by atoms with Crippen molar-refractivity contribution >= 4 is 23.1 Å². The average Bonchev–Trinajstić information content (AvgIpc) is 3.31. The van der Waals surface area contributed by atoms with E-state index in [0.717, 1.165) is 33.8 Å². The van der Waals surface area contributed by atoms with Gasteiger partial charge in [-0.3, -0.25) is 4.79 Å². The molecule has 0 aliphatic heterocycles. The first-order valence-electron chi connectivity index (χ1n) is 8.39. The summed E-state index contributed by atoms with van der Waals surface area (Å²) in [4.78, 5) is 24.0. The number of nitrogens with zero attached hydrogens (tertiary/aromatic N) is 3. The van der Waals surface area contributed by atoms with E-state index < -0.39 is 5.76 Å². The van der Waals surface area contributed by atoms with Gasteiger partial charge in [-0.25, -0.2) is 9.89 Å². The number of aryl methyl sites for hydroxylation is 1. The van der Waals surface area contributed by atoms with Crippen molar-refractivity contribution in [1.29, 1.82) is 0 Å². The Hall–Kier alpha value is -3.59. The molecular formula is C19H15N5O3S. The standard InChI is InChI=1S/C19H15N5O3S/c1-10-14(4-3-5-15(10)18-22-23-19(26)27-18)12-6-8-13(9-7-12)20-17(25)16-11(2)21-24-28-16/h3-9H,1-2H3,(H,20,25)(H,23,26). The van der Waals surface area contributed by atoms with Gasteiger partial charge in [-0.2, -0.15) is 0 Å². The van der Waals surface area contributed by atoms with Crippen LogP contribution in [0.5, 0.6) is 0 Å². The zero-order valence-electron chi connectivity index (χ0n) is 15.0. The first-order chi connectivity index (χ1) is 13.5. The SMILES string of the molecule is Cc1nnsc1C(=O)Nc1ccc(-c2cccc(-c3n[nH]c(=O)o3)c2C)cc1. The monoisotopic (exact) mass is 393 g/mol. The third-order valence-electron chi connectivity index (χ3n) is 4.31. The Bertz CT molecular complexity index is 1210. The first-order valence-corrected chi connectivity index (χ1v) is 9.16. The number of benzene rings is 2. The second-order valence-corrected chi connectivity index (χ2v) is 6.87. The molecule has 0 saturated heterocycles. The lowest BCUT2D eigenvalue weighted by molar-refractivity contribution is 0.103. The Balaban J connectivity index is 1.60. The fourth-order valence-corrected chi connectivity index (χ4v) is 3.44. The summed E-state index contributed by atoms with van der Waals surface area (Å²) in [6.07, 6.45) is 0. The van der Waals surface area contributed by atoms with Crippen LogP contribution in [0.4, 0.5) is 5.69 Å². The molecule has 0 fully saturated rings. The summed E-state index contributed by atoms with van der Waals surface area (Å²) in [5, 5.41) is 12.9. The molecule has 140 valence electrons. The lowest BCUT2D eigenvalue weighted by atomic mass is 9.96. The number of aromatic nitrogens is 4. The smallest absolute Gasteiger partial charge is 0.388 e. The largest absolute Gasteiger partial charge is 0.434 e. The van der Waals surface area contributed by atoms with E-state index >= 15 is 0 Å². The Labute approximate surface area is 163 Å². The van der Waals surface area contributed by atoms with Crippen LogP contribution < -0.4 is 11.1 Å². The number of nitrogens with one attached hydrogen (secondary N) is 2. The predicted molar refractivity (Wildman–Crippen MR) is 105 cm³/mol. The van der Waals surface area contributed by atoms with Gasteiger partial charge in [-0.15, -0.1) is 10.2 Å². The highest BCUT2D eigenvalue weighted by Crippen LogP contribution is 2.31. The molecule has 2 aromatic heterocycles. The highest BCUT2D eigenvalue weighted by atomic mass is 32.1. The van der Waals surface area contributed by atoms with Crippen molar-refractivity contribution in [3.8, 4) is 22.6 Å². The van der Waals surface area contributed by atoms with Gasteiger partial charge < -0.3 is 9.73 Å². The molecule has 0 unspecified atom stereocenters. The number of hydrogen-bond acceptors (Lipinski definition) is 7. The van der Waals surface area contributed by atoms with Crippen LogP contribution in [0.25, 0.3) is 22.6 Å². The molecule has 1 amide bonds. The molecule has 2 N–H and O–H groups in total. The van der Waals surface area contributed by atoms with Gasteiger partial charge in [0.05, 0.1) is 5.69 Å². The van der Waals surface area contributed by atoms with Crippen molar-refractivity contribution in [2.75, 3.05) is 5.32 Å². The molecule has 8 nitrogen and oxygen atoms in total. The van der Waals surface area contributed by atoms with Crippen LogP contribution in [0.1, 0.15) is 20.9 Å². The summed E-state index contributed by atoms with van der Waals surface area (Å²) in [5.41, 5.74) is 4.89. The number of aromatic amines is 1. The lowest BCUT2D eigenvalue weighted by Crippen LogP contribution is -2.11. The lowest BCUT2D eigenvalue weighted by Gasteiger charge is -2.10. The fraction of sp³-hybridized carbons (Fsp3) is 0.105. The number of hydrogen-bond donors (Lipinski definition) is 2. The first kappa shape index (κ1) is 17.8. The number of carbonyl (C=O) groups is 1. The van der Waals surface area contributed by atoms with E-state index in [1.54, 1.807) is 6.92 Å². The maximum atomic E-state index is 12.3. The predicted octanol–water partition coefficient (Wildman–Crippen LogP) is 3.42. The van der Waals surface area contributed by atoms with E-state index in [1.165, 1.54) is 0 Å². The van der Waals surface area contributed by atoms with Crippen molar-refractivity contribution in [2.45, 2.75) is 13.8 Å². The Morgan fingerprint density at radius 1 is 1.11 bits per heavy atom. The molecule has 28 heavy (non-hydrogen) atoms. The summed E-state index contributed by atoms with van der Waals surface area (Å²) in [5.74, 6) is -0.569. The molecule has 0 aliphatic rings. The molecule has 9 heteroatoms. The number of anilines is 1. The van der Waals surface area contributed by atoms with Gasteiger partial charge in [0.2, 0.25) is 5.89 Å². The molecule has 0 atom stereocenters. The minimum atomic E-state index is -0.591. The van der Waals surface area contributed by atoms with E-state index in [2.05, 4.69) is 25.1 Å². The molecule has 4 aromatic rings. The summed E-state index contributed by atoms with van der Waals surface area (Å²) >= 11 is 1.07. The zero-order valence-corrected chi connectivity index (χ0v) is 15.8. The van der Waals surface area contributed by atoms with Gasteiger partial charge in [0.15, 0.2) is 0 Å². The maximum absolute atomic E-state index is 12.3. The minimum Gasteiger partial charge on any atom is -0.388 e. The van der Waals surface area contributed by atoms with Crippen LogP contribution in [-0.2, 0) is 0 Å². The van der Waals surface area contributed by atoms with E-state index in [9.17, 15) is 9.59 Å². The van der Waals surface area contributed by atoms with Crippen LogP contribution in [0.2, 0.25) is 0 Å². The van der Waals surface area contributed by atoms with E-state index in [1.807, 2.05) is 49.4 Å². The van der Waals surface area contributed by atoms with E-state index in [4.69, 9.17) is 4.42 Å². The molecule has 2 aromatic carbocycles.